The standard InChI is InChI=1S/C34H38N4O3S/c1-33(2,3)42-31-27-17-26(41-21-25-9-7-8-16-36-25)14-15-28(27)38(29(31)18-34(4,5)32(39)40)20-23-10-12-24(13-11-23)30-19-35-22-37(30)6/h7-17,19,22H,18,20-21H2,1-6H3,(H,39,40). The Morgan fingerprint density at radius 1 is 1.02 bits per heavy atom. The predicted molar refractivity (Wildman–Crippen MR) is 169 cm³/mol. The van der Waals surface area contributed by atoms with E-state index in [1.54, 1.807) is 38.1 Å². The summed E-state index contributed by atoms with van der Waals surface area (Å²) in [7, 11) is 1.99. The molecule has 3 heterocycles. The lowest BCUT2D eigenvalue weighted by atomic mass is 9.88. The fourth-order valence-electron chi connectivity index (χ4n) is 4.96. The average Bonchev–Trinajstić information content (AvgIpc) is 3.48. The number of carboxylic acid groups (broad SMARTS) is 1. The van der Waals surface area contributed by atoms with E-state index in [1.165, 1.54) is 0 Å². The molecule has 0 bridgehead atoms. The number of thioether (sulfide) groups is 1. The molecule has 0 saturated carbocycles. The highest BCUT2D eigenvalue weighted by Crippen LogP contribution is 2.44. The lowest BCUT2D eigenvalue weighted by Crippen LogP contribution is -2.28. The van der Waals surface area contributed by atoms with Crippen molar-refractivity contribution in [3.63, 3.8) is 0 Å². The molecule has 2 aromatic carbocycles. The van der Waals surface area contributed by atoms with Crippen molar-refractivity contribution >= 4 is 28.6 Å². The first-order valence-electron chi connectivity index (χ1n) is 14.1. The van der Waals surface area contributed by atoms with Crippen LogP contribution in [-0.2, 0) is 31.4 Å². The van der Waals surface area contributed by atoms with Gasteiger partial charge in [0.1, 0.15) is 12.4 Å². The van der Waals surface area contributed by atoms with Crippen LogP contribution in [0.3, 0.4) is 0 Å². The summed E-state index contributed by atoms with van der Waals surface area (Å²) in [5.74, 6) is -0.0587. The molecule has 218 valence electrons. The zero-order valence-electron chi connectivity index (χ0n) is 25.1. The van der Waals surface area contributed by atoms with E-state index in [0.717, 1.165) is 49.8 Å². The van der Waals surface area contributed by atoms with Gasteiger partial charge >= 0.3 is 5.97 Å². The van der Waals surface area contributed by atoms with Crippen molar-refractivity contribution in [2.75, 3.05) is 0 Å². The zero-order chi connectivity index (χ0) is 30.1. The van der Waals surface area contributed by atoms with Crippen molar-refractivity contribution in [3.05, 3.63) is 96.3 Å². The number of benzene rings is 2. The molecule has 0 saturated heterocycles. The minimum Gasteiger partial charge on any atom is -0.487 e. The molecular formula is C34H38N4O3S. The highest BCUT2D eigenvalue weighted by atomic mass is 32.2. The molecule has 0 spiro atoms. The van der Waals surface area contributed by atoms with Crippen LogP contribution < -0.4 is 4.74 Å². The normalized spacial score (nSPS) is 12.1. The summed E-state index contributed by atoms with van der Waals surface area (Å²) in [6.07, 6.45) is 5.82. The van der Waals surface area contributed by atoms with Crippen LogP contribution in [0.4, 0.5) is 0 Å². The van der Waals surface area contributed by atoms with Gasteiger partial charge in [-0.2, -0.15) is 0 Å². The van der Waals surface area contributed by atoms with Crippen molar-refractivity contribution in [2.45, 2.75) is 63.8 Å². The van der Waals surface area contributed by atoms with Crippen molar-refractivity contribution in [3.8, 4) is 17.0 Å². The van der Waals surface area contributed by atoms with E-state index in [-0.39, 0.29) is 4.75 Å². The van der Waals surface area contributed by atoms with E-state index in [1.807, 2.05) is 42.1 Å². The number of fused-ring (bicyclic) bond motifs is 1. The summed E-state index contributed by atoms with van der Waals surface area (Å²) >= 11 is 1.77. The first-order valence-corrected chi connectivity index (χ1v) is 14.9. The Morgan fingerprint density at radius 2 is 1.79 bits per heavy atom. The Labute approximate surface area is 251 Å². The highest BCUT2D eigenvalue weighted by molar-refractivity contribution is 8.00. The Morgan fingerprint density at radius 3 is 2.40 bits per heavy atom. The third-order valence-corrected chi connectivity index (χ3v) is 8.48. The van der Waals surface area contributed by atoms with Crippen molar-refractivity contribution in [2.24, 2.45) is 12.5 Å². The second-order valence-electron chi connectivity index (χ2n) is 12.3. The van der Waals surface area contributed by atoms with Gasteiger partial charge in [0.25, 0.3) is 0 Å². The number of imidazole rings is 1. The van der Waals surface area contributed by atoms with Crippen molar-refractivity contribution < 1.29 is 14.6 Å². The Kier molecular flexibility index (Phi) is 8.19. The number of rotatable bonds is 10. The number of hydrogen-bond donors (Lipinski definition) is 1. The Bertz CT molecular complexity index is 1700. The molecule has 1 N–H and O–H groups in total. The number of hydrogen-bond acceptors (Lipinski definition) is 5. The summed E-state index contributed by atoms with van der Waals surface area (Å²) in [5, 5.41) is 11.2. The maximum Gasteiger partial charge on any atom is 0.309 e. The van der Waals surface area contributed by atoms with Gasteiger partial charge in [0, 0.05) is 52.4 Å². The lowest BCUT2D eigenvalue weighted by molar-refractivity contribution is -0.146. The Hall–Kier alpha value is -4.04. The largest absolute Gasteiger partial charge is 0.487 e. The van der Waals surface area contributed by atoms with E-state index in [9.17, 15) is 9.90 Å². The molecule has 42 heavy (non-hydrogen) atoms. The predicted octanol–water partition coefficient (Wildman–Crippen LogP) is 7.61. The third kappa shape index (κ3) is 6.54. The molecule has 5 rings (SSSR count). The minimum atomic E-state index is -0.943. The van der Waals surface area contributed by atoms with Gasteiger partial charge in [-0.3, -0.25) is 9.78 Å². The molecule has 0 radical (unpaired) electrons. The topological polar surface area (TPSA) is 82.2 Å². The van der Waals surface area contributed by atoms with Crippen LogP contribution in [0.25, 0.3) is 22.2 Å². The number of carbonyl (C=O) groups is 1. The lowest BCUT2D eigenvalue weighted by Gasteiger charge is -2.24. The smallest absolute Gasteiger partial charge is 0.309 e. The molecule has 0 atom stereocenters. The quantitative estimate of drug-likeness (QED) is 0.171. The number of aliphatic carboxylic acids is 1. The summed E-state index contributed by atoms with van der Waals surface area (Å²) in [4.78, 5) is 22.0. The van der Waals surface area contributed by atoms with Crippen LogP contribution in [0.15, 0.2) is 84.3 Å². The van der Waals surface area contributed by atoms with Gasteiger partial charge in [-0.05, 0) is 55.3 Å². The second kappa shape index (κ2) is 11.7. The van der Waals surface area contributed by atoms with Crippen LogP contribution in [-0.4, -0.2) is 34.9 Å². The van der Waals surface area contributed by atoms with E-state index in [0.29, 0.717) is 19.6 Å². The van der Waals surface area contributed by atoms with Crippen LogP contribution in [0, 0.1) is 5.41 Å². The van der Waals surface area contributed by atoms with Gasteiger partial charge in [-0.1, -0.05) is 51.1 Å². The van der Waals surface area contributed by atoms with Crippen LogP contribution in [0.2, 0.25) is 0 Å². The first-order chi connectivity index (χ1) is 19.9. The van der Waals surface area contributed by atoms with Crippen molar-refractivity contribution in [1.82, 2.24) is 19.1 Å². The molecule has 0 aliphatic carbocycles. The van der Waals surface area contributed by atoms with Crippen LogP contribution >= 0.6 is 11.8 Å². The van der Waals surface area contributed by atoms with Crippen LogP contribution in [0.1, 0.15) is 51.6 Å². The monoisotopic (exact) mass is 582 g/mol. The summed E-state index contributed by atoms with van der Waals surface area (Å²) in [6, 6.07) is 20.5. The maximum absolute atomic E-state index is 12.3. The average molecular weight is 583 g/mol. The highest BCUT2D eigenvalue weighted by Gasteiger charge is 2.33. The second-order valence-corrected chi connectivity index (χ2v) is 14.2. The summed E-state index contributed by atoms with van der Waals surface area (Å²) in [6.45, 7) is 11.1. The Balaban J connectivity index is 1.60. The van der Waals surface area contributed by atoms with Gasteiger partial charge in [-0.25, -0.2) is 4.98 Å². The van der Waals surface area contributed by atoms with Gasteiger partial charge < -0.3 is 19.0 Å². The third-order valence-electron chi connectivity index (χ3n) is 7.21. The van der Waals surface area contributed by atoms with E-state index >= 15 is 0 Å². The SMILES string of the molecule is Cn1cncc1-c1ccc(Cn2c(CC(C)(C)C(=O)O)c(SC(C)(C)C)c3cc(OCc4ccccn4)ccc32)cc1. The number of carboxylic acids is 1. The molecule has 0 unspecified atom stereocenters. The van der Waals surface area contributed by atoms with E-state index in [2.05, 4.69) is 71.7 Å². The maximum atomic E-state index is 12.3. The van der Waals surface area contributed by atoms with E-state index < -0.39 is 11.4 Å². The molecule has 5 aromatic rings. The summed E-state index contributed by atoms with van der Waals surface area (Å²) in [5.41, 5.74) is 5.28. The van der Waals surface area contributed by atoms with Crippen molar-refractivity contribution in [1.29, 1.82) is 0 Å². The zero-order valence-corrected chi connectivity index (χ0v) is 25.9. The van der Waals surface area contributed by atoms with Gasteiger partial charge in [0.2, 0.25) is 0 Å². The molecule has 0 aliphatic rings. The van der Waals surface area contributed by atoms with Gasteiger partial charge in [-0.15, -0.1) is 11.8 Å². The number of aryl methyl sites for hydroxylation is 1. The molecule has 0 amide bonds. The molecule has 8 heteroatoms. The summed E-state index contributed by atoms with van der Waals surface area (Å²) < 4.78 is 10.4. The molecule has 0 fully saturated rings. The number of nitrogens with zero attached hydrogens (tertiary/aromatic N) is 4. The number of aromatic nitrogens is 4. The van der Waals surface area contributed by atoms with Gasteiger partial charge in [0.15, 0.2) is 0 Å². The van der Waals surface area contributed by atoms with Gasteiger partial charge in [0.05, 0.1) is 29.3 Å². The minimum absolute atomic E-state index is 0.0865. The molecule has 0 aliphatic heterocycles. The molecule has 3 aromatic heterocycles. The molecule has 7 nitrogen and oxygen atoms in total. The first kappa shape index (κ1) is 29.5. The van der Waals surface area contributed by atoms with E-state index in [4.69, 9.17) is 4.74 Å². The fourth-order valence-corrected chi connectivity index (χ4v) is 6.14. The molecular weight excluding hydrogens is 544 g/mol. The number of ether oxygens (including phenoxy) is 1. The van der Waals surface area contributed by atoms with Crippen LogP contribution in [0.5, 0.6) is 5.75 Å². The number of pyridine rings is 1. The fraction of sp³-hybridized carbons (Fsp3) is 0.324.